The highest BCUT2D eigenvalue weighted by molar-refractivity contribution is 7.99. The molecule has 1 aliphatic carbocycles. The Morgan fingerprint density at radius 3 is 2.45 bits per heavy atom. The van der Waals surface area contributed by atoms with Crippen LogP contribution in [0.2, 0.25) is 0 Å². The zero-order valence-corrected chi connectivity index (χ0v) is 12.0. The second kappa shape index (κ2) is 6.43. The lowest BCUT2D eigenvalue weighted by molar-refractivity contribution is 0.0696. The van der Waals surface area contributed by atoms with Gasteiger partial charge in [-0.15, -0.1) is 0 Å². The molecule has 0 radical (unpaired) electrons. The van der Waals surface area contributed by atoms with Gasteiger partial charge in [0.1, 0.15) is 17.3 Å². The lowest BCUT2D eigenvalue weighted by Gasteiger charge is -2.32. The molecule has 2 unspecified atom stereocenters. The third-order valence-corrected chi connectivity index (χ3v) is 4.79. The fourth-order valence-corrected chi connectivity index (χ4v) is 3.50. The number of nitrogens with one attached hydrogen (secondary N) is 1. The van der Waals surface area contributed by atoms with E-state index < -0.39 is 17.6 Å². The van der Waals surface area contributed by atoms with Crippen LogP contribution in [0.5, 0.6) is 0 Å². The van der Waals surface area contributed by atoms with Gasteiger partial charge in [0.15, 0.2) is 0 Å². The first-order valence-corrected chi connectivity index (χ1v) is 7.83. The van der Waals surface area contributed by atoms with Crippen molar-refractivity contribution in [2.45, 2.75) is 37.0 Å². The molecule has 3 nitrogen and oxygen atoms in total. The van der Waals surface area contributed by atoms with E-state index in [1.165, 1.54) is 0 Å². The third kappa shape index (κ3) is 3.23. The highest BCUT2D eigenvalue weighted by atomic mass is 32.2. The van der Waals surface area contributed by atoms with Crippen molar-refractivity contribution in [3.05, 3.63) is 29.3 Å². The number of thioether (sulfide) groups is 1. The maximum absolute atomic E-state index is 13.9. The molecule has 0 bridgehead atoms. The van der Waals surface area contributed by atoms with Gasteiger partial charge in [-0.2, -0.15) is 11.8 Å². The SMILES string of the molecule is CSC1CCCCC1Nc1c(F)cc(C(=O)O)cc1F. The molecule has 1 aromatic rings. The van der Waals surface area contributed by atoms with Crippen LogP contribution in [0.3, 0.4) is 0 Å². The van der Waals surface area contributed by atoms with E-state index in [4.69, 9.17) is 5.11 Å². The smallest absolute Gasteiger partial charge is 0.335 e. The molecule has 1 aliphatic rings. The summed E-state index contributed by atoms with van der Waals surface area (Å²) in [6.07, 6.45) is 6.04. The van der Waals surface area contributed by atoms with Gasteiger partial charge in [0.25, 0.3) is 0 Å². The fourth-order valence-electron chi connectivity index (χ4n) is 2.56. The number of hydrogen-bond acceptors (Lipinski definition) is 3. The zero-order valence-electron chi connectivity index (χ0n) is 11.2. The molecule has 2 rings (SSSR count). The van der Waals surface area contributed by atoms with E-state index in [9.17, 15) is 13.6 Å². The number of carbonyl (C=O) groups is 1. The summed E-state index contributed by atoms with van der Waals surface area (Å²) in [4.78, 5) is 10.7. The van der Waals surface area contributed by atoms with Gasteiger partial charge in [-0.05, 0) is 31.2 Å². The number of benzene rings is 1. The number of halogens is 2. The Bertz CT molecular complexity index is 487. The van der Waals surface area contributed by atoms with E-state index in [2.05, 4.69) is 5.32 Å². The van der Waals surface area contributed by atoms with Crippen molar-refractivity contribution in [3.8, 4) is 0 Å². The average molecular weight is 301 g/mol. The molecule has 0 aromatic heterocycles. The van der Waals surface area contributed by atoms with Crippen molar-refractivity contribution in [3.63, 3.8) is 0 Å². The molecule has 2 atom stereocenters. The molecule has 0 heterocycles. The summed E-state index contributed by atoms with van der Waals surface area (Å²) in [6, 6.07) is 1.72. The van der Waals surface area contributed by atoms with Crippen molar-refractivity contribution < 1.29 is 18.7 Å². The first kappa shape index (κ1) is 15.1. The highest BCUT2D eigenvalue weighted by Gasteiger charge is 2.26. The summed E-state index contributed by atoms with van der Waals surface area (Å²) in [7, 11) is 0. The molecule has 0 aliphatic heterocycles. The fraction of sp³-hybridized carbons (Fsp3) is 0.500. The van der Waals surface area contributed by atoms with E-state index in [0.29, 0.717) is 5.25 Å². The Hall–Kier alpha value is -1.30. The summed E-state index contributed by atoms with van der Waals surface area (Å²) < 4.78 is 27.8. The van der Waals surface area contributed by atoms with E-state index in [-0.39, 0.29) is 17.3 Å². The third-order valence-electron chi connectivity index (χ3n) is 3.62. The predicted octanol–water partition coefficient (Wildman–Crippen LogP) is 3.75. The van der Waals surface area contributed by atoms with Crippen LogP contribution in [0, 0.1) is 11.6 Å². The predicted molar refractivity (Wildman–Crippen MR) is 76.5 cm³/mol. The molecular weight excluding hydrogens is 284 g/mol. The monoisotopic (exact) mass is 301 g/mol. The van der Waals surface area contributed by atoms with Gasteiger partial charge in [0.05, 0.1) is 5.56 Å². The first-order valence-electron chi connectivity index (χ1n) is 6.54. The van der Waals surface area contributed by atoms with Gasteiger partial charge in [-0.25, -0.2) is 13.6 Å². The molecule has 2 N–H and O–H groups in total. The lowest BCUT2D eigenvalue weighted by Crippen LogP contribution is -2.35. The van der Waals surface area contributed by atoms with Crippen molar-refractivity contribution in [1.29, 1.82) is 0 Å². The average Bonchev–Trinajstić information content (AvgIpc) is 2.42. The minimum Gasteiger partial charge on any atom is -0.478 e. The number of hydrogen-bond donors (Lipinski definition) is 2. The minimum absolute atomic E-state index is 0.0124. The Morgan fingerprint density at radius 2 is 1.90 bits per heavy atom. The van der Waals surface area contributed by atoms with Gasteiger partial charge in [0, 0.05) is 11.3 Å². The van der Waals surface area contributed by atoms with Crippen LogP contribution in [0.1, 0.15) is 36.0 Å². The quantitative estimate of drug-likeness (QED) is 0.889. The normalized spacial score (nSPS) is 22.6. The number of carboxylic acids is 1. The lowest BCUT2D eigenvalue weighted by atomic mass is 9.94. The van der Waals surface area contributed by atoms with Crippen LogP contribution in [0.15, 0.2) is 12.1 Å². The van der Waals surface area contributed by atoms with E-state index in [1.54, 1.807) is 11.8 Å². The van der Waals surface area contributed by atoms with E-state index in [1.807, 2.05) is 6.26 Å². The Labute approximate surface area is 120 Å². The topological polar surface area (TPSA) is 49.3 Å². The van der Waals surface area contributed by atoms with E-state index >= 15 is 0 Å². The highest BCUT2D eigenvalue weighted by Crippen LogP contribution is 2.31. The molecule has 0 spiro atoms. The van der Waals surface area contributed by atoms with Gasteiger partial charge in [-0.3, -0.25) is 0 Å². The summed E-state index contributed by atoms with van der Waals surface area (Å²) in [5.74, 6) is -3.05. The first-order chi connectivity index (χ1) is 9.52. The number of carboxylic acid groups (broad SMARTS) is 1. The van der Waals surface area contributed by atoms with Crippen LogP contribution < -0.4 is 5.32 Å². The maximum atomic E-state index is 13.9. The summed E-state index contributed by atoms with van der Waals surface area (Å²) >= 11 is 1.69. The van der Waals surface area contributed by atoms with Crippen molar-refractivity contribution in [2.75, 3.05) is 11.6 Å². The van der Waals surface area contributed by atoms with Gasteiger partial charge in [0.2, 0.25) is 0 Å². The van der Waals surface area contributed by atoms with Crippen LogP contribution >= 0.6 is 11.8 Å². The number of rotatable bonds is 4. The Kier molecular flexibility index (Phi) is 4.86. The van der Waals surface area contributed by atoms with Crippen LogP contribution in [0.25, 0.3) is 0 Å². The van der Waals surface area contributed by atoms with Crippen molar-refractivity contribution in [1.82, 2.24) is 0 Å². The zero-order chi connectivity index (χ0) is 14.7. The summed E-state index contributed by atoms with van der Waals surface area (Å²) in [6.45, 7) is 0. The molecule has 6 heteroatoms. The molecule has 110 valence electrons. The second-order valence-electron chi connectivity index (χ2n) is 4.93. The Balaban J connectivity index is 2.22. The van der Waals surface area contributed by atoms with Crippen LogP contribution in [-0.4, -0.2) is 28.6 Å². The van der Waals surface area contributed by atoms with Gasteiger partial charge >= 0.3 is 5.97 Å². The van der Waals surface area contributed by atoms with E-state index in [0.717, 1.165) is 37.8 Å². The molecule has 0 saturated heterocycles. The largest absolute Gasteiger partial charge is 0.478 e. The minimum atomic E-state index is -1.34. The van der Waals surface area contributed by atoms with Gasteiger partial charge < -0.3 is 10.4 Å². The molecule has 1 aromatic carbocycles. The van der Waals surface area contributed by atoms with Crippen LogP contribution in [0.4, 0.5) is 14.5 Å². The summed E-state index contributed by atoms with van der Waals surface area (Å²) in [5.41, 5.74) is -0.600. The van der Waals surface area contributed by atoms with Crippen LogP contribution in [-0.2, 0) is 0 Å². The summed E-state index contributed by atoms with van der Waals surface area (Å²) in [5, 5.41) is 12.0. The molecule has 0 amide bonds. The van der Waals surface area contributed by atoms with Gasteiger partial charge in [-0.1, -0.05) is 12.8 Å². The standard InChI is InChI=1S/C14H17F2NO2S/c1-20-12-5-3-2-4-11(12)17-13-9(15)6-8(14(18)19)7-10(13)16/h6-7,11-12,17H,2-5H2,1H3,(H,18,19). The van der Waals surface area contributed by atoms with Crippen molar-refractivity contribution in [2.24, 2.45) is 0 Å². The number of aromatic carboxylic acids is 1. The molecule has 1 saturated carbocycles. The Morgan fingerprint density at radius 1 is 1.30 bits per heavy atom. The number of anilines is 1. The maximum Gasteiger partial charge on any atom is 0.335 e. The molecule has 1 fully saturated rings. The molecule has 20 heavy (non-hydrogen) atoms. The van der Waals surface area contributed by atoms with Crippen molar-refractivity contribution >= 4 is 23.4 Å². The molecular formula is C14H17F2NO2S. The second-order valence-corrected chi connectivity index (χ2v) is 6.01.